The van der Waals surface area contributed by atoms with Gasteiger partial charge in [-0.2, -0.15) is 0 Å². The molecule has 0 atom stereocenters. The van der Waals surface area contributed by atoms with Crippen molar-refractivity contribution in [2.75, 3.05) is 50.6 Å². The summed E-state index contributed by atoms with van der Waals surface area (Å²) in [5.74, 6) is 0.854. The number of aryl methyl sites for hydroxylation is 2. The maximum absolute atomic E-state index is 12.3. The molecule has 1 saturated heterocycles. The summed E-state index contributed by atoms with van der Waals surface area (Å²) in [4.78, 5) is 17.1. The topological polar surface area (TPSA) is 44.8 Å². The third-order valence-corrected chi connectivity index (χ3v) is 5.10. The van der Waals surface area contributed by atoms with Crippen molar-refractivity contribution in [2.45, 2.75) is 19.8 Å². The van der Waals surface area contributed by atoms with E-state index < -0.39 is 0 Å². The number of hydrogen-bond acceptors (Lipinski definition) is 4. The standard InChI is InChI=1S/C22H29N3O2/c1-17-15-19(8-9-21(17)25-13-11-24(2)12-14-25)23-22(26)10-7-18-5-4-6-20(16-18)27-3/h4-6,8-9,15-16H,7,10-14H2,1-3H3,(H,23,26). The minimum Gasteiger partial charge on any atom is -0.497 e. The van der Waals surface area contributed by atoms with Crippen LogP contribution in [0.4, 0.5) is 11.4 Å². The molecule has 27 heavy (non-hydrogen) atoms. The SMILES string of the molecule is COc1cccc(CCC(=O)Nc2ccc(N3CCN(C)CC3)c(C)c2)c1. The average Bonchev–Trinajstić information content (AvgIpc) is 2.68. The summed E-state index contributed by atoms with van der Waals surface area (Å²) in [5.41, 5.74) is 4.43. The lowest BCUT2D eigenvalue weighted by Gasteiger charge is -2.35. The zero-order valence-corrected chi connectivity index (χ0v) is 16.5. The number of carbonyl (C=O) groups is 1. The van der Waals surface area contributed by atoms with E-state index in [1.165, 1.54) is 11.3 Å². The molecule has 0 spiro atoms. The molecule has 0 unspecified atom stereocenters. The van der Waals surface area contributed by atoms with E-state index in [2.05, 4.69) is 41.2 Å². The van der Waals surface area contributed by atoms with Crippen molar-refractivity contribution < 1.29 is 9.53 Å². The Morgan fingerprint density at radius 1 is 1.11 bits per heavy atom. The van der Waals surface area contributed by atoms with Gasteiger partial charge in [0.1, 0.15) is 5.75 Å². The second-order valence-corrected chi connectivity index (χ2v) is 7.19. The van der Waals surface area contributed by atoms with Gasteiger partial charge in [0.05, 0.1) is 7.11 Å². The number of likely N-dealkylation sites (N-methyl/N-ethyl adjacent to an activating group) is 1. The molecule has 0 radical (unpaired) electrons. The van der Waals surface area contributed by atoms with E-state index in [0.717, 1.165) is 43.2 Å². The van der Waals surface area contributed by atoms with Crippen LogP contribution in [-0.2, 0) is 11.2 Å². The van der Waals surface area contributed by atoms with Gasteiger partial charge in [0.25, 0.3) is 0 Å². The maximum atomic E-state index is 12.3. The van der Waals surface area contributed by atoms with Crippen LogP contribution in [0, 0.1) is 6.92 Å². The summed E-state index contributed by atoms with van der Waals surface area (Å²) in [6.07, 6.45) is 1.15. The zero-order valence-electron chi connectivity index (χ0n) is 16.5. The largest absolute Gasteiger partial charge is 0.497 e. The number of nitrogens with zero attached hydrogens (tertiary/aromatic N) is 2. The van der Waals surface area contributed by atoms with Crippen LogP contribution in [0.2, 0.25) is 0 Å². The molecule has 0 aromatic heterocycles. The highest BCUT2D eigenvalue weighted by Crippen LogP contribution is 2.25. The summed E-state index contributed by atoms with van der Waals surface area (Å²) in [5, 5.41) is 3.02. The third kappa shape index (κ3) is 5.23. The predicted molar refractivity (Wildman–Crippen MR) is 111 cm³/mol. The van der Waals surface area contributed by atoms with E-state index in [0.29, 0.717) is 12.8 Å². The van der Waals surface area contributed by atoms with Gasteiger partial charge in [-0.05, 0) is 61.9 Å². The number of methoxy groups -OCH3 is 1. The monoisotopic (exact) mass is 367 g/mol. The van der Waals surface area contributed by atoms with Crippen molar-refractivity contribution >= 4 is 17.3 Å². The van der Waals surface area contributed by atoms with Gasteiger partial charge in [0, 0.05) is 44.0 Å². The minimum atomic E-state index is 0.0320. The van der Waals surface area contributed by atoms with Crippen LogP contribution in [0.3, 0.4) is 0 Å². The highest BCUT2D eigenvalue weighted by Gasteiger charge is 2.16. The normalized spacial score (nSPS) is 14.9. The molecule has 1 aliphatic rings. The quantitative estimate of drug-likeness (QED) is 0.851. The van der Waals surface area contributed by atoms with Gasteiger partial charge < -0.3 is 19.9 Å². The fourth-order valence-electron chi connectivity index (χ4n) is 3.44. The van der Waals surface area contributed by atoms with Crippen LogP contribution < -0.4 is 15.0 Å². The molecule has 1 amide bonds. The molecule has 0 bridgehead atoms. The van der Waals surface area contributed by atoms with Gasteiger partial charge in [-0.1, -0.05) is 12.1 Å². The van der Waals surface area contributed by atoms with Gasteiger partial charge in [0.15, 0.2) is 0 Å². The highest BCUT2D eigenvalue weighted by atomic mass is 16.5. The number of amides is 1. The van der Waals surface area contributed by atoms with Gasteiger partial charge in [-0.3, -0.25) is 4.79 Å². The molecule has 1 fully saturated rings. The molecule has 3 rings (SSSR count). The predicted octanol–water partition coefficient (Wildman–Crippen LogP) is 3.33. The fourth-order valence-corrected chi connectivity index (χ4v) is 3.44. The fraction of sp³-hybridized carbons (Fsp3) is 0.409. The van der Waals surface area contributed by atoms with Gasteiger partial charge in [-0.15, -0.1) is 0 Å². The number of anilines is 2. The molecule has 0 aliphatic carbocycles. The van der Waals surface area contributed by atoms with Crippen LogP contribution in [0.25, 0.3) is 0 Å². The first-order chi connectivity index (χ1) is 13.0. The zero-order chi connectivity index (χ0) is 19.2. The first-order valence-corrected chi connectivity index (χ1v) is 9.52. The molecule has 0 saturated carbocycles. The summed E-state index contributed by atoms with van der Waals surface area (Å²) in [6, 6.07) is 14.0. The Morgan fingerprint density at radius 2 is 1.89 bits per heavy atom. The summed E-state index contributed by atoms with van der Waals surface area (Å²) in [6.45, 7) is 6.37. The van der Waals surface area contributed by atoms with E-state index in [4.69, 9.17) is 4.74 Å². The van der Waals surface area contributed by atoms with E-state index in [-0.39, 0.29) is 5.91 Å². The van der Waals surface area contributed by atoms with Crippen molar-refractivity contribution in [3.63, 3.8) is 0 Å². The van der Waals surface area contributed by atoms with E-state index in [1.54, 1.807) is 7.11 Å². The second kappa shape index (κ2) is 8.91. The summed E-state index contributed by atoms with van der Waals surface area (Å²) >= 11 is 0. The van der Waals surface area contributed by atoms with E-state index in [1.807, 2.05) is 30.3 Å². The van der Waals surface area contributed by atoms with E-state index in [9.17, 15) is 4.79 Å². The Bertz CT molecular complexity index is 783. The second-order valence-electron chi connectivity index (χ2n) is 7.19. The lowest BCUT2D eigenvalue weighted by Crippen LogP contribution is -2.44. The molecule has 1 aliphatic heterocycles. The number of ether oxygens (including phenoxy) is 1. The Balaban J connectivity index is 1.55. The first kappa shape index (κ1) is 19.2. The number of hydrogen-bond donors (Lipinski definition) is 1. The lowest BCUT2D eigenvalue weighted by molar-refractivity contribution is -0.116. The summed E-state index contributed by atoms with van der Waals surface area (Å²) < 4.78 is 5.23. The third-order valence-electron chi connectivity index (χ3n) is 5.10. The smallest absolute Gasteiger partial charge is 0.224 e. The number of carbonyl (C=O) groups excluding carboxylic acids is 1. The van der Waals surface area contributed by atoms with Crippen LogP contribution in [-0.4, -0.2) is 51.1 Å². The average molecular weight is 367 g/mol. The number of nitrogens with one attached hydrogen (secondary N) is 1. The Morgan fingerprint density at radius 3 is 2.59 bits per heavy atom. The minimum absolute atomic E-state index is 0.0320. The Labute approximate surface area is 161 Å². The Kier molecular flexibility index (Phi) is 6.35. The van der Waals surface area contributed by atoms with Crippen LogP contribution in [0.5, 0.6) is 5.75 Å². The van der Waals surface area contributed by atoms with Crippen molar-refractivity contribution in [3.8, 4) is 5.75 Å². The number of benzene rings is 2. The van der Waals surface area contributed by atoms with Gasteiger partial charge >= 0.3 is 0 Å². The molecule has 2 aromatic rings. The Hall–Kier alpha value is -2.53. The molecule has 1 N–H and O–H groups in total. The molecule has 144 valence electrons. The molecule has 1 heterocycles. The molecular formula is C22H29N3O2. The molecule has 5 heteroatoms. The molecule has 2 aromatic carbocycles. The van der Waals surface area contributed by atoms with Crippen molar-refractivity contribution in [2.24, 2.45) is 0 Å². The van der Waals surface area contributed by atoms with Crippen LogP contribution in [0.1, 0.15) is 17.5 Å². The van der Waals surface area contributed by atoms with Crippen LogP contribution in [0.15, 0.2) is 42.5 Å². The molecule has 5 nitrogen and oxygen atoms in total. The highest BCUT2D eigenvalue weighted by molar-refractivity contribution is 5.91. The van der Waals surface area contributed by atoms with Gasteiger partial charge in [-0.25, -0.2) is 0 Å². The van der Waals surface area contributed by atoms with Gasteiger partial charge in [0.2, 0.25) is 5.91 Å². The van der Waals surface area contributed by atoms with E-state index >= 15 is 0 Å². The first-order valence-electron chi connectivity index (χ1n) is 9.52. The maximum Gasteiger partial charge on any atom is 0.224 e. The number of piperazine rings is 1. The van der Waals surface area contributed by atoms with Crippen LogP contribution >= 0.6 is 0 Å². The molecular weight excluding hydrogens is 338 g/mol. The van der Waals surface area contributed by atoms with Crippen molar-refractivity contribution in [1.82, 2.24) is 4.90 Å². The van der Waals surface area contributed by atoms with Crippen molar-refractivity contribution in [3.05, 3.63) is 53.6 Å². The lowest BCUT2D eigenvalue weighted by atomic mass is 10.1. The number of rotatable bonds is 6. The van der Waals surface area contributed by atoms with Crippen molar-refractivity contribution in [1.29, 1.82) is 0 Å². The summed E-state index contributed by atoms with van der Waals surface area (Å²) in [7, 11) is 3.81.